The molecule has 130 valence electrons. The highest BCUT2D eigenvalue weighted by Crippen LogP contribution is 2.11. The Labute approximate surface area is 145 Å². The van der Waals surface area contributed by atoms with E-state index in [0.29, 0.717) is 6.54 Å². The molecule has 0 saturated carbocycles. The van der Waals surface area contributed by atoms with Gasteiger partial charge in [0.05, 0.1) is 6.54 Å². The smallest absolute Gasteiger partial charge is 0.191 e. The Kier molecular flexibility index (Phi) is 7.36. The second-order valence-electron chi connectivity index (χ2n) is 6.05. The molecule has 0 bridgehead atoms. The maximum atomic E-state index is 4.74. The van der Waals surface area contributed by atoms with Crippen LogP contribution in [0.15, 0.2) is 53.8 Å². The van der Waals surface area contributed by atoms with Crippen LogP contribution in [0.4, 0.5) is 0 Å². The molecule has 2 N–H and O–H groups in total. The Hall–Kier alpha value is -2.27. The fourth-order valence-electron chi connectivity index (χ4n) is 2.54. The molecule has 0 spiro atoms. The van der Waals surface area contributed by atoms with Crippen LogP contribution in [0, 0.1) is 0 Å². The molecule has 2 aromatic rings. The first kappa shape index (κ1) is 18.1. The Morgan fingerprint density at radius 2 is 1.75 bits per heavy atom. The summed E-state index contributed by atoms with van der Waals surface area (Å²) in [6.45, 7) is 6.33. The third-order valence-electron chi connectivity index (χ3n) is 3.69. The van der Waals surface area contributed by atoms with Gasteiger partial charge >= 0.3 is 0 Å². The monoisotopic (exact) mass is 327 g/mol. The van der Waals surface area contributed by atoms with Gasteiger partial charge in [-0.25, -0.2) is 4.99 Å². The number of benzene rings is 1. The molecule has 0 aliphatic rings. The number of hydrogen-bond acceptors (Lipinski definition) is 2. The normalized spacial score (nSPS) is 11.8. The van der Waals surface area contributed by atoms with E-state index in [2.05, 4.69) is 77.8 Å². The van der Waals surface area contributed by atoms with Crippen molar-refractivity contribution in [3.8, 4) is 0 Å². The Morgan fingerprint density at radius 3 is 2.42 bits per heavy atom. The summed E-state index contributed by atoms with van der Waals surface area (Å²) in [6.07, 6.45) is 4.15. The first-order valence-corrected chi connectivity index (χ1v) is 8.53. The molecule has 2 rings (SSSR count). The maximum absolute atomic E-state index is 4.74. The van der Waals surface area contributed by atoms with Crippen LogP contribution in [0.5, 0.6) is 0 Å². The highest BCUT2D eigenvalue weighted by atomic mass is 15.2. The molecule has 0 aliphatic heterocycles. The van der Waals surface area contributed by atoms with Crippen molar-refractivity contribution in [3.05, 3.63) is 59.9 Å². The van der Waals surface area contributed by atoms with Crippen LogP contribution in [-0.4, -0.2) is 42.6 Å². The van der Waals surface area contributed by atoms with Crippen LogP contribution in [-0.2, 0) is 19.6 Å². The predicted octanol–water partition coefficient (Wildman–Crippen LogP) is 2.30. The summed E-state index contributed by atoms with van der Waals surface area (Å²) in [7, 11) is 4.18. The topological polar surface area (TPSA) is 44.6 Å². The van der Waals surface area contributed by atoms with Gasteiger partial charge in [-0.15, -0.1) is 0 Å². The third-order valence-corrected chi connectivity index (χ3v) is 3.69. The Morgan fingerprint density at radius 1 is 1.04 bits per heavy atom. The van der Waals surface area contributed by atoms with Gasteiger partial charge in [0.1, 0.15) is 0 Å². The van der Waals surface area contributed by atoms with E-state index < -0.39 is 0 Å². The number of guanidine groups is 1. The van der Waals surface area contributed by atoms with Crippen molar-refractivity contribution in [3.63, 3.8) is 0 Å². The van der Waals surface area contributed by atoms with E-state index >= 15 is 0 Å². The van der Waals surface area contributed by atoms with Gasteiger partial charge in [-0.3, -0.25) is 0 Å². The van der Waals surface area contributed by atoms with Gasteiger partial charge in [-0.1, -0.05) is 24.3 Å². The van der Waals surface area contributed by atoms with E-state index in [-0.39, 0.29) is 0 Å². The Balaban J connectivity index is 1.94. The SMILES string of the molecule is CCNC(=NCc1ccccc1CN(C)C)NCCn1cccc1. The van der Waals surface area contributed by atoms with Gasteiger partial charge in [0.25, 0.3) is 0 Å². The average molecular weight is 327 g/mol. The lowest BCUT2D eigenvalue weighted by Crippen LogP contribution is -2.38. The molecule has 0 amide bonds. The van der Waals surface area contributed by atoms with Crippen LogP contribution in [0.25, 0.3) is 0 Å². The summed E-state index contributed by atoms with van der Waals surface area (Å²) in [5.74, 6) is 0.865. The second-order valence-corrected chi connectivity index (χ2v) is 6.05. The molecule has 1 aromatic heterocycles. The highest BCUT2D eigenvalue weighted by Gasteiger charge is 2.03. The van der Waals surface area contributed by atoms with Gasteiger partial charge in [0.15, 0.2) is 5.96 Å². The van der Waals surface area contributed by atoms with Crippen molar-refractivity contribution in [1.82, 2.24) is 20.1 Å². The van der Waals surface area contributed by atoms with Gasteiger partial charge in [0.2, 0.25) is 0 Å². The number of aliphatic imine (C=N–C) groups is 1. The fraction of sp³-hybridized carbons (Fsp3) is 0.421. The molecular weight excluding hydrogens is 298 g/mol. The second kappa shape index (κ2) is 9.78. The molecule has 0 atom stereocenters. The van der Waals surface area contributed by atoms with E-state index in [1.807, 2.05) is 12.1 Å². The molecular formula is C19H29N5. The van der Waals surface area contributed by atoms with Crippen LogP contribution in [0.3, 0.4) is 0 Å². The zero-order valence-electron chi connectivity index (χ0n) is 15.0. The van der Waals surface area contributed by atoms with Crippen molar-refractivity contribution < 1.29 is 0 Å². The largest absolute Gasteiger partial charge is 0.357 e. The molecule has 0 aliphatic carbocycles. The molecule has 0 fully saturated rings. The number of hydrogen-bond donors (Lipinski definition) is 2. The number of nitrogens with zero attached hydrogens (tertiary/aromatic N) is 3. The van der Waals surface area contributed by atoms with Crippen LogP contribution in [0.1, 0.15) is 18.1 Å². The minimum atomic E-state index is 0.683. The number of nitrogens with one attached hydrogen (secondary N) is 2. The highest BCUT2D eigenvalue weighted by molar-refractivity contribution is 5.79. The van der Waals surface area contributed by atoms with Gasteiger partial charge in [-0.2, -0.15) is 0 Å². The standard InChI is InChI=1S/C19H29N5/c1-4-20-19(21-11-14-24-12-7-8-13-24)22-15-17-9-5-6-10-18(17)16-23(2)3/h5-10,12-13H,4,11,14-16H2,1-3H3,(H2,20,21,22). The van der Waals surface area contributed by atoms with Crippen LogP contribution < -0.4 is 10.6 Å². The van der Waals surface area contributed by atoms with Crippen molar-refractivity contribution in [2.24, 2.45) is 4.99 Å². The van der Waals surface area contributed by atoms with Crippen molar-refractivity contribution >= 4 is 5.96 Å². The quantitative estimate of drug-likeness (QED) is 0.578. The Bertz CT molecular complexity index is 616. The summed E-state index contributed by atoms with van der Waals surface area (Å²) in [4.78, 5) is 6.92. The average Bonchev–Trinajstić information content (AvgIpc) is 3.06. The number of aromatic nitrogens is 1. The minimum absolute atomic E-state index is 0.683. The van der Waals surface area contributed by atoms with Gasteiger partial charge in [-0.05, 0) is 44.3 Å². The van der Waals surface area contributed by atoms with E-state index in [4.69, 9.17) is 4.99 Å². The maximum Gasteiger partial charge on any atom is 0.191 e. The molecule has 5 heteroatoms. The van der Waals surface area contributed by atoms with Gasteiger partial charge < -0.3 is 20.1 Å². The van der Waals surface area contributed by atoms with Crippen molar-refractivity contribution in [1.29, 1.82) is 0 Å². The minimum Gasteiger partial charge on any atom is -0.357 e. The molecule has 0 saturated heterocycles. The molecule has 0 radical (unpaired) electrons. The van der Waals surface area contributed by atoms with E-state index in [1.54, 1.807) is 0 Å². The molecule has 0 unspecified atom stereocenters. The predicted molar refractivity (Wildman–Crippen MR) is 101 cm³/mol. The molecule has 1 aromatic carbocycles. The van der Waals surface area contributed by atoms with Crippen molar-refractivity contribution in [2.75, 3.05) is 27.2 Å². The molecule has 1 heterocycles. The lowest BCUT2D eigenvalue weighted by atomic mass is 10.1. The number of rotatable bonds is 8. The fourth-order valence-corrected chi connectivity index (χ4v) is 2.54. The lowest BCUT2D eigenvalue weighted by Gasteiger charge is -2.14. The van der Waals surface area contributed by atoms with Crippen LogP contribution >= 0.6 is 0 Å². The molecule has 24 heavy (non-hydrogen) atoms. The van der Waals surface area contributed by atoms with Crippen LogP contribution in [0.2, 0.25) is 0 Å². The van der Waals surface area contributed by atoms with E-state index in [0.717, 1.165) is 32.1 Å². The zero-order valence-corrected chi connectivity index (χ0v) is 15.0. The summed E-state index contributed by atoms with van der Waals surface area (Å²) in [5.41, 5.74) is 2.60. The summed E-state index contributed by atoms with van der Waals surface area (Å²) < 4.78 is 2.16. The summed E-state index contributed by atoms with van der Waals surface area (Å²) >= 11 is 0. The first-order chi connectivity index (χ1) is 11.7. The zero-order chi connectivity index (χ0) is 17.2. The third kappa shape index (κ3) is 6.08. The molecule has 5 nitrogen and oxygen atoms in total. The van der Waals surface area contributed by atoms with E-state index in [9.17, 15) is 0 Å². The summed E-state index contributed by atoms with van der Waals surface area (Å²) in [5, 5.41) is 6.71. The summed E-state index contributed by atoms with van der Waals surface area (Å²) in [6, 6.07) is 12.6. The van der Waals surface area contributed by atoms with Gasteiger partial charge in [0, 0.05) is 38.6 Å². The van der Waals surface area contributed by atoms with Crippen molar-refractivity contribution in [2.45, 2.75) is 26.6 Å². The lowest BCUT2D eigenvalue weighted by molar-refractivity contribution is 0.401. The first-order valence-electron chi connectivity index (χ1n) is 8.53. The van der Waals surface area contributed by atoms with E-state index in [1.165, 1.54) is 11.1 Å².